The summed E-state index contributed by atoms with van der Waals surface area (Å²) in [5.41, 5.74) is 0. The number of amides is 1. The van der Waals surface area contributed by atoms with Crippen LogP contribution in [0.25, 0.3) is 0 Å². The first-order valence-corrected chi connectivity index (χ1v) is 4.87. The molecule has 2 N–H and O–H groups in total. The first-order chi connectivity index (χ1) is 7.16. The lowest BCUT2D eigenvalue weighted by Crippen LogP contribution is -2.28. The van der Waals surface area contributed by atoms with Gasteiger partial charge < -0.3 is 19.9 Å². The standard InChI is InChI=1S/C9H17NO5/c1-2-3-5-15-9(13)10-4-6-14-7-8(11)12/h2-7H2,1H3,(H,10,13)(H,11,12). The first-order valence-electron chi connectivity index (χ1n) is 4.87. The van der Waals surface area contributed by atoms with E-state index < -0.39 is 12.1 Å². The molecule has 0 unspecified atom stereocenters. The highest BCUT2D eigenvalue weighted by molar-refractivity contribution is 5.68. The van der Waals surface area contributed by atoms with Gasteiger partial charge in [-0.1, -0.05) is 13.3 Å². The maximum absolute atomic E-state index is 10.9. The third-order valence-corrected chi connectivity index (χ3v) is 1.47. The number of carbonyl (C=O) groups excluding carboxylic acids is 1. The minimum Gasteiger partial charge on any atom is -0.480 e. The van der Waals surface area contributed by atoms with Crippen molar-refractivity contribution in [1.82, 2.24) is 5.32 Å². The van der Waals surface area contributed by atoms with Crippen molar-refractivity contribution < 1.29 is 24.2 Å². The minimum absolute atomic E-state index is 0.162. The van der Waals surface area contributed by atoms with Gasteiger partial charge in [-0.05, 0) is 6.42 Å². The van der Waals surface area contributed by atoms with E-state index in [1.165, 1.54) is 0 Å². The Labute approximate surface area is 88.6 Å². The van der Waals surface area contributed by atoms with Gasteiger partial charge in [0, 0.05) is 6.54 Å². The maximum atomic E-state index is 10.9. The fourth-order valence-electron chi connectivity index (χ4n) is 0.745. The van der Waals surface area contributed by atoms with E-state index in [9.17, 15) is 9.59 Å². The molecule has 1 amide bonds. The number of ether oxygens (including phenoxy) is 2. The lowest BCUT2D eigenvalue weighted by atomic mass is 10.4. The highest BCUT2D eigenvalue weighted by Crippen LogP contribution is 1.87. The van der Waals surface area contributed by atoms with Gasteiger partial charge in [0.25, 0.3) is 0 Å². The molecule has 6 nitrogen and oxygen atoms in total. The molecular formula is C9H17NO5. The van der Waals surface area contributed by atoms with Crippen molar-refractivity contribution in [1.29, 1.82) is 0 Å². The Bertz CT molecular complexity index is 195. The van der Waals surface area contributed by atoms with E-state index >= 15 is 0 Å². The van der Waals surface area contributed by atoms with Crippen molar-refractivity contribution in [3.63, 3.8) is 0 Å². The van der Waals surface area contributed by atoms with Crippen molar-refractivity contribution >= 4 is 12.1 Å². The average molecular weight is 219 g/mol. The zero-order chi connectivity index (χ0) is 11.5. The Morgan fingerprint density at radius 3 is 2.67 bits per heavy atom. The van der Waals surface area contributed by atoms with Crippen LogP contribution in [0, 0.1) is 0 Å². The molecule has 0 atom stereocenters. The number of rotatable bonds is 8. The van der Waals surface area contributed by atoms with Gasteiger partial charge in [0.05, 0.1) is 13.2 Å². The summed E-state index contributed by atoms with van der Waals surface area (Å²) in [6, 6.07) is 0. The molecule has 0 rings (SSSR count). The average Bonchev–Trinajstić information content (AvgIpc) is 2.17. The van der Waals surface area contributed by atoms with E-state index in [0.29, 0.717) is 6.61 Å². The molecule has 0 aromatic heterocycles. The number of alkyl carbamates (subject to hydrolysis) is 1. The Balaban J connectivity index is 3.20. The van der Waals surface area contributed by atoms with Gasteiger partial charge in [0.15, 0.2) is 0 Å². The predicted octanol–water partition coefficient (Wildman–Crippen LogP) is 0.614. The van der Waals surface area contributed by atoms with E-state index in [1.807, 2.05) is 6.92 Å². The van der Waals surface area contributed by atoms with Crippen LogP contribution < -0.4 is 5.32 Å². The Hall–Kier alpha value is -1.30. The van der Waals surface area contributed by atoms with Crippen LogP contribution >= 0.6 is 0 Å². The van der Waals surface area contributed by atoms with Crippen LogP contribution in [0.2, 0.25) is 0 Å². The van der Waals surface area contributed by atoms with Crippen molar-refractivity contribution in [2.45, 2.75) is 19.8 Å². The molecule has 6 heteroatoms. The first kappa shape index (κ1) is 13.7. The molecule has 0 fully saturated rings. The van der Waals surface area contributed by atoms with Gasteiger partial charge in [0.1, 0.15) is 6.61 Å². The van der Waals surface area contributed by atoms with Gasteiger partial charge in [-0.25, -0.2) is 9.59 Å². The molecule has 15 heavy (non-hydrogen) atoms. The summed E-state index contributed by atoms with van der Waals surface area (Å²) in [7, 11) is 0. The van der Waals surface area contributed by atoms with Crippen molar-refractivity contribution in [2.24, 2.45) is 0 Å². The largest absolute Gasteiger partial charge is 0.480 e. The third-order valence-electron chi connectivity index (χ3n) is 1.47. The SMILES string of the molecule is CCCCOC(=O)NCCOCC(=O)O. The molecule has 0 heterocycles. The molecule has 0 bridgehead atoms. The summed E-state index contributed by atoms with van der Waals surface area (Å²) in [5, 5.41) is 10.7. The van der Waals surface area contributed by atoms with Gasteiger partial charge in [-0.15, -0.1) is 0 Å². The van der Waals surface area contributed by atoms with Gasteiger partial charge >= 0.3 is 12.1 Å². The maximum Gasteiger partial charge on any atom is 0.407 e. The molecule has 0 saturated heterocycles. The van der Waals surface area contributed by atoms with Crippen molar-refractivity contribution in [3.05, 3.63) is 0 Å². The number of aliphatic carboxylic acids is 1. The lowest BCUT2D eigenvalue weighted by Gasteiger charge is -2.05. The molecule has 0 radical (unpaired) electrons. The number of unbranched alkanes of at least 4 members (excludes halogenated alkanes) is 1. The fraction of sp³-hybridized carbons (Fsp3) is 0.778. The molecule has 88 valence electrons. The molecular weight excluding hydrogens is 202 g/mol. The second-order valence-electron chi connectivity index (χ2n) is 2.86. The van der Waals surface area contributed by atoms with Crippen LogP contribution in [0.15, 0.2) is 0 Å². The number of hydrogen-bond donors (Lipinski definition) is 2. The van der Waals surface area contributed by atoms with E-state index in [1.54, 1.807) is 0 Å². The number of nitrogens with one attached hydrogen (secondary N) is 1. The van der Waals surface area contributed by atoms with Crippen LogP contribution in [0.5, 0.6) is 0 Å². The van der Waals surface area contributed by atoms with E-state index in [2.05, 4.69) is 5.32 Å². The van der Waals surface area contributed by atoms with Gasteiger partial charge in [-0.3, -0.25) is 0 Å². The van der Waals surface area contributed by atoms with Crippen LogP contribution in [0.1, 0.15) is 19.8 Å². The van der Waals surface area contributed by atoms with E-state index in [-0.39, 0.29) is 19.8 Å². The topological polar surface area (TPSA) is 84.9 Å². The number of carboxylic acid groups (broad SMARTS) is 1. The second kappa shape index (κ2) is 9.26. The number of hydrogen-bond acceptors (Lipinski definition) is 4. The summed E-state index contributed by atoms with van der Waals surface area (Å²) in [6.45, 7) is 2.46. The molecule has 0 saturated carbocycles. The summed E-state index contributed by atoms with van der Waals surface area (Å²) in [5.74, 6) is -1.03. The molecule has 0 aromatic carbocycles. The summed E-state index contributed by atoms with van der Waals surface area (Å²) < 4.78 is 9.49. The molecule has 0 aliphatic heterocycles. The second-order valence-corrected chi connectivity index (χ2v) is 2.86. The molecule has 0 aliphatic rings. The Morgan fingerprint density at radius 1 is 1.33 bits per heavy atom. The van der Waals surface area contributed by atoms with E-state index in [0.717, 1.165) is 12.8 Å². The van der Waals surface area contributed by atoms with Crippen LogP contribution in [0.4, 0.5) is 4.79 Å². The normalized spacial score (nSPS) is 9.67. The summed E-state index contributed by atoms with van der Waals surface area (Å²) in [6.07, 6.45) is 1.31. The molecule has 0 spiro atoms. The number of carbonyl (C=O) groups is 2. The lowest BCUT2D eigenvalue weighted by molar-refractivity contribution is -0.142. The highest BCUT2D eigenvalue weighted by Gasteiger charge is 2.00. The van der Waals surface area contributed by atoms with E-state index in [4.69, 9.17) is 14.6 Å². The van der Waals surface area contributed by atoms with Crippen LogP contribution in [-0.2, 0) is 14.3 Å². The smallest absolute Gasteiger partial charge is 0.407 e. The Morgan fingerprint density at radius 2 is 2.07 bits per heavy atom. The third kappa shape index (κ3) is 10.6. The van der Waals surface area contributed by atoms with Crippen molar-refractivity contribution in [2.75, 3.05) is 26.4 Å². The Kier molecular flexibility index (Phi) is 8.46. The molecule has 0 aliphatic carbocycles. The zero-order valence-electron chi connectivity index (χ0n) is 8.82. The number of carboxylic acids is 1. The van der Waals surface area contributed by atoms with Gasteiger partial charge in [0.2, 0.25) is 0 Å². The van der Waals surface area contributed by atoms with Crippen LogP contribution in [0.3, 0.4) is 0 Å². The minimum atomic E-state index is -1.03. The summed E-state index contributed by atoms with van der Waals surface area (Å²) in [4.78, 5) is 20.9. The zero-order valence-corrected chi connectivity index (χ0v) is 8.82. The quantitative estimate of drug-likeness (QED) is 0.584. The van der Waals surface area contributed by atoms with Gasteiger partial charge in [-0.2, -0.15) is 0 Å². The predicted molar refractivity (Wildman–Crippen MR) is 52.7 cm³/mol. The monoisotopic (exact) mass is 219 g/mol. The molecule has 0 aromatic rings. The van der Waals surface area contributed by atoms with Crippen molar-refractivity contribution in [3.8, 4) is 0 Å². The van der Waals surface area contributed by atoms with Crippen LogP contribution in [-0.4, -0.2) is 43.5 Å². The fourth-order valence-corrected chi connectivity index (χ4v) is 0.745. The summed E-state index contributed by atoms with van der Waals surface area (Å²) >= 11 is 0. The highest BCUT2D eigenvalue weighted by atomic mass is 16.5.